The third kappa shape index (κ3) is 2.04. The summed E-state index contributed by atoms with van der Waals surface area (Å²) in [5.74, 6) is 1.44. The van der Waals surface area contributed by atoms with Gasteiger partial charge in [0.1, 0.15) is 0 Å². The largest absolute Gasteiger partial charge is 0.338 e. The summed E-state index contributed by atoms with van der Waals surface area (Å²) in [7, 11) is 0. The van der Waals surface area contributed by atoms with Gasteiger partial charge in [0.15, 0.2) is 0 Å². The Kier molecular flexibility index (Phi) is 3.70. The number of rotatable bonds is 3. The highest BCUT2D eigenvalue weighted by Gasteiger charge is 2.60. The zero-order valence-corrected chi connectivity index (χ0v) is 12.1. The van der Waals surface area contributed by atoms with Crippen molar-refractivity contribution in [3.63, 3.8) is 0 Å². The molecule has 108 valence electrons. The highest BCUT2D eigenvalue weighted by molar-refractivity contribution is 5.76. The Labute approximate surface area is 116 Å². The van der Waals surface area contributed by atoms with Crippen molar-refractivity contribution in [3.8, 4) is 0 Å². The molecule has 3 atom stereocenters. The Morgan fingerprint density at radius 2 is 2.26 bits per heavy atom. The van der Waals surface area contributed by atoms with Crippen LogP contribution >= 0.6 is 0 Å². The van der Waals surface area contributed by atoms with Crippen molar-refractivity contribution in [1.82, 2.24) is 15.5 Å². The molecule has 0 aromatic carbocycles. The van der Waals surface area contributed by atoms with Gasteiger partial charge in [-0.05, 0) is 56.9 Å². The number of carbonyl (C=O) groups is 1. The summed E-state index contributed by atoms with van der Waals surface area (Å²) in [6.07, 6.45) is 7.35. The molecule has 4 nitrogen and oxygen atoms in total. The lowest BCUT2D eigenvalue weighted by atomic mass is 9.59. The summed E-state index contributed by atoms with van der Waals surface area (Å²) >= 11 is 0. The highest BCUT2D eigenvalue weighted by Crippen LogP contribution is 2.55. The second-order valence-electron chi connectivity index (χ2n) is 6.44. The van der Waals surface area contributed by atoms with Crippen LogP contribution in [0.1, 0.15) is 45.4 Å². The first-order valence-electron chi connectivity index (χ1n) is 8.05. The van der Waals surface area contributed by atoms with E-state index in [1.165, 1.54) is 32.1 Å². The van der Waals surface area contributed by atoms with Crippen molar-refractivity contribution in [1.29, 1.82) is 0 Å². The number of likely N-dealkylation sites (tertiary alicyclic amines) is 1. The van der Waals surface area contributed by atoms with Gasteiger partial charge in [-0.3, -0.25) is 0 Å². The normalized spacial score (nSPS) is 37.6. The number of fused-ring (bicyclic) bond motifs is 1. The fourth-order valence-electron chi connectivity index (χ4n) is 4.54. The number of urea groups is 1. The molecule has 3 unspecified atom stereocenters. The zero-order valence-electron chi connectivity index (χ0n) is 12.1. The molecule has 0 aromatic heterocycles. The van der Waals surface area contributed by atoms with Crippen LogP contribution < -0.4 is 10.6 Å². The van der Waals surface area contributed by atoms with Gasteiger partial charge in [-0.15, -0.1) is 0 Å². The Morgan fingerprint density at radius 1 is 1.37 bits per heavy atom. The molecule has 1 aliphatic carbocycles. The van der Waals surface area contributed by atoms with Crippen molar-refractivity contribution < 1.29 is 4.79 Å². The standard InChI is InChI=1S/C15H27N3O/c1-2-8-17-14(19)18-10-6-12-5-7-15(12,18)13-4-3-9-16-11-13/h12-13,16H,2-11H2,1H3,(H,17,19). The van der Waals surface area contributed by atoms with Crippen LogP contribution in [0.2, 0.25) is 0 Å². The average Bonchev–Trinajstić information content (AvgIpc) is 2.69. The summed E-state index contributed by atoms with van der Waals surface area (Å²) in [5.41, 5.74) is 0.200. The van der Waals surface area contributed by atoms with Crippen molar-refractivity contribution in [2.24, 2.45) is 11.8 Å². The van der Waals surface area contributed by atoms with Crippen molar-refractivity contribution >= 4 is 6.03 Å². The van der Waals surface area contributed by atoms with Gasteiger partial charge in [0, 0.05) is 19.6 Å². The van der Waals surface area contributed by atoms with Crippen molar-refractivity contribution in [3.05, 3.63) is 0 Å². The maximum absolute atomic E-state index is 12.4. The second kappa shape index (κ2) is 5.31. The van der Waals surface area contributed by atoms with E-state index in [0.717, 1.165) is 38.5 Å². The zero-order chi connectivity index (χ0) is 13.3. The first kappa shape index (κ1) is 13.2. The van der Waals surface area contributed by atoms with E-state index in [0.29, 0.717) is 5.92 Å². The van der Waals surface area contributed by atoms with Gasteiger partial charge >= 0.3 is 6.03 Å². The quantitative estimate of drug-likeness (QED) is 0.819. The lowest BCUT2D eigenvalue weighted by molar-refractivity contribution is -0.0204. The summed E-state index contributed by atoms with van der Waals surface area (Å²) in [6, 6.07) is 0.189. The van der Waals surface area contributed by atoms with Gasteiger partial charge in [0.05, 0.1) is 5.54 Å². The number of piperidine rings is 1. The van der Waals surface area contributed by atoms with Crippen molar-refractivity contribution in [2.45, 2.75) is 51.0 Å². The third-order valence-electron chi connectivity index (χ3n) is 5.58. The monoisotopic (exact) mass is 265 g/mol. The SMILES string of the molecule is CCCNC(=O)N1CCC2CCC21C1CCCNC1. The molecule has 2 N–H and O–H groups in total. The number of nitrogens with zero attached hydrogens (tertiary/aromatic N) is 1. The van der Waals surface area contributed by atoms with Crippen LogP contribution in [-0.4, -0.2) is 42.6 Å². The Morgan fingerprint density at radius 3 is 2.89 bits per heavy atom. The fourth-order valence-corrected chi connectivity index (χ4v) is 4.54. The Hall–Kier alpha value is -0.770. The van der Waals surface area contributed by atoms with E-state index >= 15 is 0 Å². The van der Waals surface area contributed by atoms with Gasteiger partial charge in [0.25, 0.3) is 0 Å². The molecular formula is C15H27N3O. The molecule has 2 amide bonds. The van der Waals surface area contributed by atoms with Crippen molar-refractivity contribution in [2.75, 3.05) is 26.2 Å². The number of nitrogens with one attached hydrogen (secondary N) is 2. The highest BCUT2D eigenvalue weighted by atomic mass is 16.2. The van der Waals surface area contributed by atoms with E-state index in [-0.39, 0.29) is 11.6 Å². The lowest BCUT2D eigenvalue weighted by Gasteiger charge is -2.55. The van der Waals surface area contributed by atoms with Gasteiger partial charge in [-0.25, -0.2) is 4.79 Å². The molecule has 4 heteroatoms. The van der Waals surface area contributed by atoms with Crippen LogP contribution in [0, 0.1) is 11.8 Å². The molecule has 0 aromatic rings. The fraction of sp³-hybridized carbons (Fsp3) is 0.933. The van der Waals surface area contributed by atoms with E-state index in [9.17, 15) is 4.79 Å². The topological polar surface area (TPSA) is 44.4 Å². The number of hydrogen-bond acceptors (Lipinski definition) is 2. The van der Waals surface area contributed by atoms with Crippen LogP contribution in [0.25, 0.3) is 0 Å². The van der Waals surface area contributed by atoms with Crippen LogP contribution in [0.5, 0.6) is 0 Å². The minimum absolute atomic E-state index is 0.189. The van der Waals surface area contributed by atoms with Gasteiger partial charge < -0.3 is 15.5 Å². The smallest absolute Gasteiger partial charge is 0.317 e. The number of amides is 2. The maximum atomic E-state index is 12.4. The molecule has 0 spiro atoms. The van der Waals surface area contributed by atoms with E-state index < -0.39 is 0 Å². The molecule has 3 fully saturated rings. The van der Waals surface area contributed by atoms with Crippen LogP contribution in [0.4, 0.5) is 4.79 Å². The van der Waals surface area contributed by atoms with Gasteiger partial charge in [-0.2, -0.15) is 0 Å². The average molecular weight is 265 g/mol. The summed E-state index contributed by atoms with van der Waals surface area (Å²) in [6.45, 7) is 6.14. The molecule has 0 radical (unpaired) electrons. The molecule has 1 saturated carbocycles. The van der Waals surface area contributed by atoms with Gasteiger partial charge in [-0.1, -0.05) is 6.92 Å². The lowest BCUT2D eigenvalue weighted by Crippen LogP contribution is -2.65. The van der Waals surface area contributed by atoms with Crippen LogP contribution in [-0.2, 0) is 0 Å². The first-order chi connectivity index (χ1) is 9.29. The molecule has 0 bridgehead atoms. The minimum atomic E-state index is 0.189. The van der Waals surface area contributed by atoms with E-state index in [2.05, 4.69) is 22.5 Å². The third-order valence-corrected chi connectivity index (χ3v) is 5.58. The predicted octanol–water partition coefficient (Wildman–Crippen LogP) is 1.96. The summed E-state index contributed by atoms with van der Waals surface area (Å²) in [4.78, 5) is 14.6. The maximum Gasteiger partial charge on any atom is 0.317 e. The molecule has 19 heavy (non-hydrogen) atoms. The van der Waals surface area contributed by atoms with Gasteiger partial charge in [0.2, 0.25) is 0 Å². The molecule has 3 rings (SSSR count). The van der Waals surface area contributed by atoms with E-state index in [1.54, 1.807) is 0 Å². The molecule has 2 aliphatic heterocycles. The molecular weight excluding hydrogens is 238 g/mol. The predicted molar refractivity (Wildman–Crippen MR) is 76.1 cm³/mol. The first-order valence-corrected chi connectivity index (χ1v) is 8.05. The number of carbonyl (C=O) groups excluding carboxylic acids is 1. The summed E-state index contributed by atoms with van der Waals surface area (Å²) < 4.78 is 0. The Bertz CT molecular complexity index is 340. The van der Waals surface area contributed by atoms with Crippen LogP contribution in [0.15, 0.2) is 0 Å². The minimum Gasteiger partial charge on any atom is -0.338 e. The van der Waals surface area contributed by atoms with Crippen LogP contribution in [0.3, 0.4) is 0 Å². The molecule has 2 saturated heterocycles. The second-order valence-corrected chi connectivity index (χ2v) is 6.44. The Balaban J connectivity index is 1.74. The molecule has 3 aliphatic rings. The van der Waals surface area contributed by atoms with E-state index in [1.807, 2.05) is 0 Å². The number of hydrogen-bond donors (Lipinski definition) is 2. The van der Waals surface area contributed by atoms with E-state index in [4.69, 9.17) is 0 Å². The summed E-state index contributed by atoms with van der Waals surface area (Å²) in [5, 5.41) is 6.63. The molecule has 2 heterocycles.